The Morgan fingerprint density at radius 2 is 1.80 bits per heavy atom. The highest BCUT2D eigenvalue weighted by molar-refractivity contribution is 7.92. The molecule has 0 unspecified atom stereocenters. The molecule has 0 aliphatic carbocycles. The summed E-state index contributed by atoms with van der Waals surface area (Å²) in [6.07, 6.45) is 0. The summed E-state index contributed by atoms with van der Waals surface area (Å²) in [5.41, 5.74) is 2.89. The molecule has 2 aromatic rings. The molecule has 0 aliphatic heterocycles. The van der Waals surface area contributed by atoms with Crippen LogP contribution < -0.4 is 4.72 Å². The third kappa shape index (κ3) is 3.14. The lowest BCUT2D eigenvalue weighted by atomic mass is 10.2. The smallest absolute Gasteiger partial charge is 0.262 e. The van der Waals surface area contributed by atoms with Crippen molar-refractivity contribution in [1.29, 1.82) is 0 Å². The van der Waals surface area contributed by atoms with Gasteiger partial charge < -0.3 is 0 Å². The van der Waals surface area contributed by atoms with E-state index in [1.807, 2.05) is 19.1 Å². The van der Waals surface area contributed by atoms with Crippen molar-refractivity contribution in [2.45, 2.75) is 24.6 Å². The van der Waals surface area contributed by atoms with Gasteiger partial charge in [-0.25, -0.2) is 8.42 Å². The van der Waals surface area contributed by atoms with Gasteiger partial charge >= 0.3 is 0 Å². The highest BCUT2D eigenvalue weighted by atomic mass is 35.5. The number of halogens is 1. The summed E-state index contributed by atoms with van der Waals surface area (Å²) in [5, 5.41) is 0. The maximum absolute atomic E-state index is 12.5. The number of sulfonamides is 1. The summed E-state index contributed by atoms with van der Waals surface area (Å²) in [6.45, 7) is 3.65. The molecule has 106 valence electrons. The van der Waals surface area contributed by atoms with Gasteiger partial charge in [-0.05, 0) is 42.7 Å². The van der Waals surface area contributed by atoms with Gasteiger partial charge in [0, 0.05) is 5.88 Å². The zero-order valence-corrected chi connectivity index (χ0v) is 12.9. The minimum atomic E-state index is -3.61. The summed E-state index contributed by atoms with van der Waals surface area (Å²) in [6, 6.07) is 12.5. The van der Waals surface area contributed by atoms with Gasteiger partial charge in [0.25, 0.3) is 10.0 Å². The standard InChI is InChI=1S/C15H16ClNO2S/c1-11-7-8-12(2)15(9-11)20(18,19)17-14-6-4-3-5-13(14)10-16/h3-9,17H,10H2,1-2H3. The molecule has 0 aromatic heterocycles. The zero-order valence-electron chi connectivity index (χ0n) is 11.4. The molecule has 0 saturated carbocycles. The molecule has 0 aliphatic rings. The van der Waals surface area contributed by atoms with Crippen molar-refractivity contribution in [2.75, 3.05) is 4.72 Å². The predicted octanol–water partition coefficient (Wildman–Crippen LogP) is 3.84. The molecule has 3 nitrogen and oxygen atoms in total. The van der Waals surface area contributed by atoms with E-state index in [0.29, 0.717) is 16.1 Å². The van der Waals surface area contributed by atoms with Crippen molar-refractivity contribution in [3.63, 3.8) is 0 Å². The second kappa shape index (κ2) is 5.85. The average molecular weight is 310 g/mol. The Balaban J connectivity index is 2.43. The number of benzene rings is 2. The van der Waals surface area contributed by atoms with Gasteiger partial charge in [0.1, 0.15) is 0 Å². The van der Waals surface area contributed by atoms with Gasteiger partial charge in [0.2, 0.25) is 0 Å². The van der Waals surface area contributed by atoms with Crippen LogP contribution in [0.3, 0.4) is 0 Å². The van der Waals surface area contributed by atoms with Crippen LogP contribution in [0.15, 0.2) is 47.4 Å². The molecular weight excluding hydrogens is 294 g/mol. The van der Waals surface area contributed by atoms with Crippen LogP contribution in [0.1, 0.15) is 16.7 Å². The van der Waals surface area contributed by atoms with E-state index in [2.05, 4.69) is 4.72 Å². The number of nitrogens with one attached hydrogen (secondary N) is 1. The maximum atomic E-state index is 12.5. The molecule has 0 bridgehead atoms. The van der Waals surface area contributed by atoms with E-state index in [0.717, 1.165) is 11.1 Å². The quantitative estimate of drug-likeness (QED) is 0.872. The summed E-state index contributed by atoms with van der Waals surface area (Å²) in [5.74, 6) is 0.255. The van der Waals surface area contributed by atoms with Crippen molar-refractivity contribution in [3.8, 4) is 0 Å². The Labute approximate surface area is 124 Å². The molecule has 0 radical (unpaired) electrons. The lowest BCUT2D eigenvalue weighted by Crippen LogP contribution is -2.15. The number of anilines is 1. The molecular formula is C15H16ClNO2S. The fraction of sp³-hybridized carbons (Fsp3) is 0.200. The van der Waals surface area contributed by atoms with Crippen LogP contribution in [0.5, 0.6) is 0 Å². The van der Waals surface area contributed by atoms with Crippen LogP contribution in [-0.4, -0.2) is 8.42 Å². The first-order valence-corrected chi connectivity index (χ1v) is 8.20. The van der Waals surface area contributed by atoms with E-state index in [4.69, 9.17) is 11.6 Å². The van der Waals surface area contributed by atoms with Gasteiger partial charge in [-0.2, -0.15) is 0 Å². The SMILES string of the molecule is Cc1ccc(C)c(S(=O)(=O)Nc2ccccc2CCl)c1. The topological polar surface area (TPSA) is 46.2 Å². The van der Waals surface area contributed by atoms with E-state index < -0.39 is 10.0 Å². The number of rotatable bonds is 4. The van der Waals surface area contributed by atoms with Crippen molar-refractivity contribution >= 4 is 27.3 Å². The molecule has 1 N–H and O–H groups in total. The lowest BCUT2D eigenvalue weighted by molar-refractivity contribution is 0.600. The van der Waals surface area contributed by atoms with Crippen LogP contribution in [0.2, 0.25) is 0 Å². The Hall–Kier alpha value is -1.52. The first kappa shape index (κ1) is 14.9. The number of alkyl halides is 1. The van der Waals surface area contributed by atoms with Crippen molar-refractivity contribution in [1.82, 2.24) is 0 Å². The second-order valence-electron chi connectivity index (χ2n) is 4.67. The molecule has 0 spiro atoms. The lowest BCUT2D eigenvalue weighted by Gasteiger charge is -2.13. The normalized spacial score (nSPS) is 11.3. The molecule has 5 heteroatoms. The van der Waals surface area contributed by atoms with Gasteiger partial charge in [-0.3, -0.25) is 4.72 Å². The Kier molecular flexibility index (Phi) is 4.35. The highest BCUT2D eigenvalue weighted by Crippen LogP contribution is 2.23. The number of hydrogen-bond acceptors (Lipinski definition) is 2. The summed E-state index contributed by atoms with van der Waals surface area (Å²) < 4.78 is 27.6. The monoisotopic (exact) mass is 309 g/mol. The van der Waals surface area contributed by atoms with Crippen LogP contribution in [-0.2, 0) is 15.9 Å². The maximum Gasteiger partial charge on any atom is 0.262 e. The highest BCUT2D eigenvalue weighted by Gasteiger charge is 2.18. The van der Waals surface area contributed by atoms with E-state index >= 15 is 0 Å². The molecule has 0 amide bonds. The van der Waals surface area contributed by atoms with Gasteiger partial charge in [-0.1, -0.05) is 30.3 Å². The fourth-order valence-electron chi connectivity index (χ4n) is 1.93. The van der Waals surface area contributed by atoms with E-state index in [9.17, 15) is 8.42 Å². The molecule has 0 atom stereocenters. The van der Waals surface area contributed by atoms with E-state index in [1.54, 1.807) is 37.3 Å². The molecule has 2 rings (SSSR count). The third-order valence-electron chi connectivity index (χ3n) is 3.04. The van der Waals surface area contributed by atoms with Gasteiger partial charge in [-0.15, -0.1) is 11.6 Å². The number of aryl methyl sites for hydroxylation is 2. The zero-order chi connectivity index (χ0) is 14.8. The molecule has 0 heterocycles. The molecule has 2 aromatic carbocycles. The van der Waals surface area contributed by atoms with Crippen LogP contribution in [0, 0.1) is 13.8 Å². The predicted molar refractivity (Wildman–Crippen MR) is 82.7 cm³/mol. The van der Waals surface area contributed by atoms with E-state index in [-0.39, 0.29) is 5.88 Å². The van der Waals surface area contributed by atoms with Crippen LogP contribution in [0.25, 0.3) is 0 Å². The van der Waals surface area contributed by atoms with Gasteiger partial charge in [0.15, 0.2) is 0 Å². The van der Waals surface area contributed by atoms with Gasteiger partial charge in [0.05, 0.1) is 10.6 Å². The molecule has 0 saturated heterocycles. The number of para-hydroxylation sites is 1. The third-order valence-corrected chi connectivity index (χ3v) is 4.83. The minimum absolute atomic E-state index is 0.255. The van der Waals surface area contributed by atoms with Crippen LogP contribution >= 0.6 is 11.6 Å². The van der Waals surface area contributed by atoms with Crippen molar-refractivity contribution in [3.05, 3.63) is 59.2 Å². The fourth-order valence-corrected chi connectivity index (χ4v) is 3.60. The van der Waals surface area contributed by atoms with Crippen molar-refractivity contribution < 1.29 is 8.42 Å². The van der Waals surface area contributed by atoms with Crippen LogP contribution in [0.4, 0.5) is 5.69 Å². The Morgan fingerprint density at radius 3 is 2.50 bits per heavy atom. The summed E-state index contributed by atoms with van der Waals surface area (Å²) in [7, 11) is -3.61. The Bertz CT molecular complexity index is 726. The largest absolute Gasteiger partial charge is 0.279 e. The van der Waals surface area contributed by atoms with Crippen molar-refractivity contribution in [2.24, 2.45) is 0 Å². The first-order valence-electron chi connectivity index (χ1n) is 6.18. The van der Waals surface area contributed by atoms with E-state index in [1.165, 1.54) is 0 Å². The minimum Gasteiger partial charge on any atom is -0.279 e. The Morgan fingerprint density at radius 1 is 1.10 bits per heavy atom. The molecule has 20 heavy (non-hydrogen) atoms. The molecule has 0 fully saturated rings. The second-order valence-corrected chi connectivity index (χ2v) is 6.58. The summed E-state index contributed by atoms with van der Waals surface area (Å²) in [4.78, 5) is 0.293. The summed E-state index contributed by atoms with van der Waals surface area (Å²) >= 11 is 5.83. The average Bonchev–Trinajstić information content (AvgIpc) is 2.41. The number of hydrogen-bond donors (Lipinski definition) is 1. The first-order chi connectivity index (χ1) is 9.44.